The van der Waals surface area contributed by atoms with Crippen molar-refractivity contribution < 1.29 is 9.53 Å². The fourth-order valence-electron chi connectivity index (χ4n) is 1.68. The van der Waals surface area contributed by atoms with E-state index in [1.54, 1.807) is 24.3 Å². The second kappa shape index (κ2) is 7.57. The van der Waals surface area contributed by atoms with Gasteiger partial charge in [-0.25, -0.2) is 4.79 Å². The van der Waals surface area contributed by atoms with Gasteiger partial charge in [0, 0.05) is 10.6 Å². The molecule has 106 valence electrons. The summed E-state index contributed by atoms with van der Waals surface area (Å²) < 4.78 is 5.11. The molecular formula is C15H14N4O2. The Balaban J connectivity index is 1.83. The predicted octanol–water partition coefficient (Wildman–Crippen LogP) is 4.25. The third-order valence-corrected chi connectivity index (χ3v) is 2.73. The molecule has 1 N–H and O–H groups in total. The summed E-state index contributed by atoms with van der Waals surface area (Å²) in [5, 5.41) is 6.10. The Morgan fingerprint density at radius 3 is 2.48 bits per heavy atom. The minimum Gasteiger partial charge on any atom is -0.444 e. The largest absolute Gasteiger partial charge is 0.444 e. The standard InChI is InChI=1S/C15H14N4O2/c16-19-17-10-12-6-8-14(9-7-12)18-15(20)21-11-13-4-2-1-3-5-13/h1-9H,10-11H2,(H,18,20). The number of anilines is 1. The molecule has 0 saturated heterocycles. The van der Waals surface area contributed by atoms with Crippen LogP contribution in [0, 0.1) is 0 Å². The van der Waals surface area contributed by atoms with Crippen LogP contribution in [0.5, 0.6) is 0 Å². The van der Waals surface area contributed by atoms with Crippen LogP contribution in [0.4, 0.5) is 10.5 Å². The van der Waals surface area contributed by atoms with Crippen molar-refractivity contribution in [1.82, 2.24) is 0 Å². The Labute approximate surface area is 122 Å². The molecule has 1 amide bonds. The van der Waals surface area contributed by atoms with Crippen molar-refractivity contribution in [2.24, 2.45) is 5.11 Å². The minimum absolute atomic E-state index is 0.224. The molecule has 0 saturated carbocycles. The molecule has 0 unspecified atom stereocenters. The molecule has 2 rings (SSSR count). The SMILES string of the molecule is [N-]=[N+]=NCc1ccc(NC(=O)OCc2ccccc2)cc1. The van der Waals surface area contributed by atoms with Crippen LogP contribution in [-0.2, 0) is 17.9 Å². The zero-order valence-corrected chi connectivity index (χ0v) is 11.3. The quantitative estimate of drug-likeness (QED) is 0.505. The summed E-state index contributed by atoms with van der Waals surface area (Å²) in [5.74, 6) is 0. The topological polar surface area (TPSA) is 87.1 Å². The number of azide groups is 1. The van der Waals surface area contributed by atoms with Gasteiger partial charge in [-0.1, -0.05) is 47.6 Å². The highest BCUT2D eigenvalue weighted by atomic mass is 16.5. The van der Waals surface area contributed by atoms with Gasteiger partial charge < -0.3 is 4.74 Å². The van der Waals surface area contributed by atoms with E-state index < -0.39 is 6.09 Å². The highest BCUT2D eigenvalue weighted by Gasteiger charge is 2.03. The third kappa shape index (κ3) is 4.89. The molecule has 0 bridgehead atoms. The van der Waals surface area contributed by atoms with E-state index in [2.05, 4.69) is 15.3 Å². The lowest BCUT2D eigenvalue weighted by Gasteiger charge is -2.07. The van der Waals surface area contributed by atoms with Crippen LogP contribution < -0.4 is 5.32 Å². The van der Waals surface area contributed by atoms with E-state index >= 15 is 0 Å². The summed E-state index contributed by atoms with van der Waals surface area (Å²) in [4.78, 5) is 14.3. The van der Waals surface area contributed by atoms with Crippen molar-refractivity contribution >= 4 is 11.8 Å². The van der Waals surface area contributed by atoms with E-state index in [1.165, 1.54) is 0 Å². The number of carbonyl (C=O) groups excluding carboxylic acids is 1. The number of hydrogen-bond acceptors (Lipinski definition) is 3. The summed E-state index contributed by atoms with van der Waals surface area (Å²) in [7, 11) is 0. The average Bonchev–Trinajstić information content (AvgIpc) is 2.53. The zero-order valence-electron chi connectivity index (χ0n) is 11.3. The van der Waals surface area contributed by atoms with Crippen LogP contribution in [0.25, 0.3) is 10.4 Å². The molecule has 0 radical (unpaired) electrons. The molecule has 0 heterocycles. The first-order valence-corrected chi connectivity index (χ1v) is 6.35. The maximum absolute atomic E-state index is 11.6. The molecule has 6 nitrogen and oxygen atoms in total. The van der Waals surface area contributed by atoms with Gasteiger partial charge in [-0.3, -0.25) is 5.32 Å². The number of carbonyl (C=O) groups is 1. The number of amides is 1. The number of hydrogen-bond donors (Lipinski definition) is 1. The normalized spacial score (nSPS) is 9.52. The van der Waals surface area contributed by atoms with E-state index in [9.17, 15) is 4.79 Å². The molecule has 0 aliphatic carbocycles. The lowest BCUT2D eigenvalue weighted by molar-refractivity contribution is 0.155. The molecule has 0 atom stereocenters. The highest BCUT2D eigenvalue weighted by Crippen LogP contribution is 2.11. The molecule has 0 aliphatic rings. The summed E-state index contributed by atoms with van der Waals surface area (Å²) in [6.07, 6.45) is -0.512. The van der Waals surface area contributed by atoms with Crippen molar-refractivity contribution in [2.45, 2.75) is 13.2 Å². The van der Waals surface area contributed by atoms with Crippen LogP contribution in [0.1, 0.15) is 11.1 Å². The first-order valence-electron chi connectivity index (χ1n) is 6.35. The Bertz CT molecular complexity index is 634. The molecule has 2 aromatic carbocycles. The van der Waals surface area contributed by atoms with Crippen molar-refractivity contribution in [3.05, 3.63) is 76.2 Å². The summed E-state index contributed by atoms with van der Waals surface area (Å²) in [6, 6.07) is 16.5. The zero-order chi connectivity index (χ0) is 14.9. The fraction of sp³-hybridized carbons (Fsp3) is 0.133. The average molecular weight is 282 g/mol. The molecule has 0 aliphatic heterocycles. The lowest BCUT2D eigenvalue weighted by Crippen LogP contribution is -2.13. The lowest BCUT2D eigenvalue weighted by atomic mass is 10.2. The molecule has 0 aromatic heterocycles. The van der Waals surface area contributed by atoms with Crippen LogP contribution in [-0.4, -0.2) is 6.09 Å². The Kier molecular flexibility index (Phi) is 5.20. The second-order valence-electron chi connectivity index (χ2n) is 4.27. The van der Waals surface area contributed by atoms with Crippen molar-refractivity contribution in [1.29, 1.82) is 0 Å². The maximum Gasteiger partial charge on any atom is 0.411 e. The highest BCUT2D eigenvalue weighted by molar-refractivity contribution is 5.84. The Morgan fingerprint density at radius 2 is 1.81 bits per heavy atom. The van der Waals surface area contributed by atoms with Crippen molar-refractivity contribution in [3.63, 3.8) is 0 Å². The van der Waals surface area contributed by atoms with E-state index in [4.69, 9.17) is 10.3 Å². The van der Waals surface area contributed by atoms with Gasteiger partial charge in [-0.15, -0.1) is 0 Å². The molecule has 21 heavy (non-hydrogen) atoms. The summed E-state index contributed by atoms with van der Waals surface area (Å²) in [6.45, 7) is 0.511. The molecule has 0 fully saturated rings. The maximum atomic E-state index is 11.6. The number of nitrogens with one attached hydrogen (secondary N) is 1. The monoisotopic (exact) mass is 282 g/mol. The molecule has 2 aromatic rings. The van der Waals surface area contributed by atoms with Crippen LogP contribution >= 0.6 is 0 Å². The van der Waals surface area contributed by atoms with Gasteiger partial charge in [0.1, 0.15) is 6.61 Å². The smallest absolute Gasteiger partial charge is 0.411 e. The molecule has 0 spiro atoms. The first-order chi connectivity index (χ1) is 10.3. The summed E-state index contributed by atoms with van der Waals surface area (Å²) >= 11 is 0. The van der Waals surface area contributed by atoms with E-state index in [-0.39, 0.29) is 13.2 Å². The molecular weight excluding hydrogens is 268 g/mol. The van der Waals surface area contributed by atoms with Crippen molar-refractivity contribution in [2.75, 3.05) is 5.32 Å². The van der Waals surface area contributed by atoms with Gasteiger partial charge >= 0.3 is 6.09 Å². The second-order valence-corrected chi connectivity index (χ2v) is 4.27. The van der Waals surface area contributed by atoms with Gasteiger partial charge in [0.05, 0.1) is 6.54 Å². The Hall–Kier alpha value is -2.98. The van der Waals surface area contributed by atoms with Crippen LogP contribution in [0.15, 0.2) is 59.7 Å². The van der Waals surface area contributed by atoms with Gasteiger partial charge in [0.2, 0.25) is 0 Å². The van der Waals surface area contributed by atoms with E-state index in [0.717, 1.165) is 11.1 Å². The Morgan fingerprint density at radius 1 is 1.10 bits per heavy atom. The van der Waals surface area contributed by atoms with Gasteiger partial charge in [0.15, 0.2) is 0 Å². The number of nitrogens with zero attached hydrogens (tertiary/aromatic N) is 3. The van der Waals surface area contributed by atoms with Gasteiger partial charge in [-0.05, 0) is 28.8 Å². The number of benzene rings is 2. The van der Waals surface area contributed by atoms with Gasteiger partial charge in [0.25, 0.3) is 0 Å². The predicted molar refractivity (Wildman–Crippen MR) is 79.5 cm³/mol. The van der Waals surface area contributed by atoms with E-state index in [1.807, 2.05) is 30.3 Å². The molecule has 6 heteroatoms. The van der Waals surface area contributed by atoms with Crippen LogP contribution in [0.2, 0.25) is 0 Å². The third-order valence-electron chi connectivity index (χ3n) is 2.73. The van der Waals surface area contributed by atoms with Crippen LogP contribution in [0.3, 0.4) is 0 Å². The summed E-state index contributed by atoms with van der Waals surface area (Å²) in [5.41, 5.74) is 10.7. The number of rotatable bonds is 5. The fourth-order valence-corrected chi connectivity index (χ4v) is 1.68. The minimum atomic E-state index is -0.512. The number of ether oxygens (including phenoxy) is 1. The van der Waals surface area contributed by atoms with Gasteiger partial charge in [-0.2, -0.15) is 0 Å². The first kappa shape index (κ1) is 14.4. The van der Waals surface area contributed by atoms with Crippen molar-refractivity contribution in [3.8, 4) is 0 Å². The van der Waals surface area contributed by atoms with E-state index in [0.29, 0.717) is 5.69 Å².